The molecule has 1 aromatic carbocycles. The van der Waals surface area contributed by atoms with Gasteiger partial charge in [0.2, 0.25) is 0 Å². The van der Waals surface area contributed by atoms with Crippen LogP contribution in [0.15, 0.2) is 17.0 Å². The fourth-order valence-corrected chi connectivity index (χ4v) is 2.88. The van der Waals surface area contributed by atoms with Crippen LogP contribution in [0.25, 0.3) is 0 Å². The van der Waals surface area contributed by atoms with Crippen molar-refractivity contribution < 1.29 is 9.47 Å². The van der Waals surface area contributed by atoms with Gasteiger partial charge in [0.25, 0.3) is 0 Å². The van der Waals surface area contributed by atoms with Crippen molar-refractivity contribution in [3.63, 3.8) is 0 Å². The van der Waals surface area contributed by atoms with Crippen LogP contribution in [-0.4, -0.2) is 26.1 Å². The van der Waals surface area contributed by atoms with E-state index in [-0.39, 0.29) is 0 Å². The molecule has 0 bridgehead atoms. The Morgan fingerprint density at radius 2 is 2.06 bits per heavy atom. The first-order valence-corrected chi connectivity index (χ1v) is 6.55. The molecule has 88 valence electrons. The highest BCUT2D eigenvalue weighted by Gasteiger charge is 2.18. The van der Waals surface area contributed by atoms with Gasteiger partial charge < -0.3 is 9.47 Å². The minimum atomic E-state index is 0.742. The van der Waals surface area contributed by atoms with Gasteiger partial charge in [-0.2, -0.15) is 0 Å². The molecule has 2 rings (SSSR count). The quantitative estimate of drug-likeness (QED) is 0.751. The van der Waals surface area contributed by atoms with Crippen molar-refractivity contribution in [3.05, 3.63) is 23.3 Å². The van der Waals surface area contributed by atoms with E-state index in [0.29, 0.717) is 0 Å². The van der Waals surface area contributed by atoms with E-state index in [2.05, 4.69) is 26.0 Å². The van der Waals surface area contributed by atoms with Crippen molar-refractivity contribution in [2.45, 2.75) is 18.7 Å². The molecule has 0 saturated carbocycles. The van der Waals surface area contributed by atoms with E-state index in [9.17, 15) is 0 Å². The van der Waals surface area contributed by atoms with Crippen molar-refractivity contribution in [3.8, 4) is 5.75 Å². The van der Waals surface area contributed by atoms with Crippen LogP contribution < -0.4 is 4.74 Å². The SMILES string of the molecule is COc1cc(C)c(SCC2COC2)cc1C. The summed E-state index contributed by atoms with van der Waals surface area (Å²) in [6.07, 6.45) is 0. The van der Waals surface area contributed by atoms with Crippen molar-refractivity contribution >= 4 is 11.8 Å². The molecule has 1 heterocycles. The van der Waals surface area contributed by atoms with E-state index < -0.39 is 0 Å². The molecule has 0 aliphatic carbocycles. The fourth-order valence-electron chi connectivity index (χ4n) is 1.73. The zero-order valence-corrected chi connectivity index (χ0v) is 10.9. The summed E-state index contributed by atoms with van der Waals surface area (Å²) in [5.74, 6) is 2.88. The average molecular weight is 238 g/mol. The Balaban J connectivity index is 2.04. The largest absolute Gasteiger partial charge is 0.496 e. The van der Waals surface area contributed by atoms with Crippen molar-refractivity contribution in [1.29, 1.82) is 0 Å². The van der Waals surface area contributed by atoms with Crippen LogP contribution in [0.3, 0.4) is 0 Å². The third kappa shape index (κ3) is 2.53. The van der Waals surface area contributed by atoms with E-state index in [1.54, 1.807) is 7.11 Å². The van der Waals surface area contributed by atoms with E-state index in [1.807, 2.05) is 11.8 Å². The van der Waals surface area contributed by atoms with Gasteiger partial charge in [0.1, 0.15) is 5.75 Å². The van der Waals surface area contributed by atoms with E-state index in [1.165, 1.54) is 16.0 Å². The van der Waals surface area contributed by atoms with Gasteiger partial charge >= 0.3 is 0 Å². The van der Waals surface area contributed by atoms with Crippen LogP contribution in [0.2, 0.25) is 0 Å². The van der Waals surface area contributed by atoms with Crippen LogP contribution in [0.4, 0.5) is 0 Å². The van der Waals surface area contributed by atoms with Crippen molar-refractivity contribution in [2.75, 3.05) is 26.1 Å². The Kier molecular flexibility index (Phi) is 3.77. The molecule has 0 spiro atoms. The monoisotopic (exact) mass is 238 g/mol. The third-order valence-electron chi connectivity index (χ3n) is 2.87. The maximum Gasteiger partial charge on any atom is 0.122 e. The number of methoxy groups -OCH3 is 1. The Bertz CT molecular complexity index is 372. The standard InChI is InChI=1S/C13H18O2S/c1-9-5-13(10(2)4-12(9)14-3)16-8-11-6-15-7-11/h4-5,11H,6-8H2,1-3H3. The highest BCUT2D eigenvalue weighted by atomic mass is 32.2. The first-order chi connectivity index (χ1) is 7.70. The number of aryl methyl sites for hydroxylation is 2. The molecule has 0 aromatic heterocycles. The molecule has 0 amide bonds. The van der Waals surface area contributed by atoms with Gasteiger partial charge in [0, 0.05) is 16.6 Å². The van der Waals surface area contributed by atoms with Gasteiger partial charge in [-0.3, -0.25) is 0 Å². The Labute approximate surface area is 101 Å². The maximum atomic E-state index is 5.31. The lowest BCUT2D eigenvalue weighted by Crippen LogP contribution is -2.29. The van der Waals surface area contributed by atoms with Crippen LogP contribution >= 0.6 is 11.8 Å². The predicted molar refractivity (Wildman–Crippen MR) is 67.5 cm³/mol. The minimum Gasteiger partial charge on any atom is -0.496 e. The molecule has 0 N–H and O–H groups in total. The number of rotatable bonds is 4. The van der Waals surface area contributed by atoms with Gasteiger partial charge in [-0.05, 0) is 37.1 Å². The van der Waals surface area contributed by atoms with Gasteiger partial charge in [-0.1, -0.05) is 0 Å². The molecule has 1 saturated heterocycles. The molecule has 1 fully saturated rings. The average Bonchev–Trinajstić information content (AvgIpc) is 2.20. The second-order valence-corrected chi connectivity index (χ2v) is 5.36. The summed E-state index contributed by atoms with van der Waals surface area (Å²) in [6, 6.07) is 4.34. The Morgan fingerprint density at radius 1 is 1.31 bits per heavy atom. The molecular formula is C13H18O2S. The first-order valence-electron chi connectivity index (χ1n) is 5.56. The highest BCUT2D eigenvalue weighted by molar-refractivity contribution is 7.99. The molecule has 0 radical (unpaired) electrons. The number of thioether (sulfide) groups is 1. The molecule has 16 heavy (non-hydrogen) atoms. The van der Waals surface area contributed by atoms with Crippen LogP contribution in [0, 0.1) is 19.8 Å². The summed E-state index contributed by atoms with van der Waals surface area (Å²) in [4.78, 5) is 1.37. The molecule has 1 aromatic rings. The number of benzene rings is 1. The van der Waals surface area contributed by atoms with Gasteiger partial charge in [-0.25, -0.2) is 0 Å². The summed E-state index contributed by atoms with van der Waals surface area (Å²) in [6.45, 7) is 6.10. The molecule has 0 atom stereocenters. The number of ether oxygens (including phenoxy) is 2. The lowest BCUT2D eigenvalue weighted by Gasteiger charge is -2.25. The van der Waals surface area contributed by atoms with Gasteiger partial charge in [-0.15, -0.1) is 11.8 Å². The summed E-state index contributed by atoms with van der Waals surface area (Å²) < 4.78 is 10.5. The zero-order valence-electron chi connectivity index (χ0n) is 10.1. The topological polar surface area (TPSA) is 18.5 Å². The van der Waals surface area contributed by atoms with Crippen LogP contribution in [-0.2, 0) is 4.74 Å². The lowest BCUT2D eigenvalue weighted by atomic mass is 10.1. The summed E-state index contributed by atoms with van der Waals surface area (Å²) in [5.41, 5.74) is 2.51. The summed E-state index contributed by atoms with van der Waals surface area (Å²) in [7, 11) is 1.72. The summed E-state index contributed by atoms with van der Waals surface area (Å²) in [5, 5.41) is 0. The fraction of sp³-hybridized carbons (Fsp3) is 0.538. The molecule has 1 aliphatic rings. The predicted octanol–water partition coefficient (Wildman–Crippen LogP) is 3.05. The molecule has 0 unspecified atom stereocenters. The van der Waals surface area contributed by atoms with Crippen LogP contribution in [0.5, 0.6) is 5.75 Å². The van der Waals surface area contributed by atoms with Crippen LogP contribution in [0.1, 0.15) is 11.1 Å². The maximum absolute atomic E-state index is 5.31. The van der Waals surface area contributed by atoms with Gasteiger partial charge in [0.05, 0.1) is 20.3 Å². The second-order valence-electron chi connectivity index (χ2n) is 4.30. The van der Waals surface area contributed by atoms with Crippen molar-refractivity contribution in [2.24, 2.45) is 5.92 Å². The minimum absolute atomic E-state index is 0.742. The third-order valence-corrected chi connectivity index (χ3v) is 4.26. The van der Waals surface area contributed by atoms with Crippen molar-refractivity contribution in [1.82, 2.24) is 0 Å². The Hall–Kier alpha value is -0.670. The summed E-state index contributed by atoms with van der Waals surface area (Å²) >= 11 is 1.93. The van der Waals surface area contributed by atoms with E-state index in [0.717, 1.165) is 30.6 Å². The smallest absolute Gasteiger partial charge is 0.122 e. The second kappa shape index (κ2) is 5.11. The number of hydrogen-bond acceptors (Lipinski definition) is 3. The first kappa shape index (κ1) is 11.8. The molecule has 2 nitrogen and oxygen atoms in total. The molecular weight excluding hydrogens is 220 g/mol. The zero-order chi connectivity index (χ0) is 11.5. The Morgan fingerprint density at radius 3 is 2.62 bits per heavy atom. The molecule has 1 aliphatic heterocycles. The van der Waals surface area contributed by atoms with E-state index in [4.69, 9.17) is 9.47 Å². The lowest BCUT2D eigenvalue weighted by molar-refractivity contribution is -0.0196. The van der Waals surface area contributed by atoms with E-state index >= 15 is 0 Å². The molecule has 3 heteroatoms. The normalized spacial score (nSPS) is 15.9. The number of hydrogen-bond donors (Lipinski definition) is 0. The van der Waals surface area contributed by atoms with Gasteiger partial charge in [0.15, 0.2) is 0 Å². The highest BCUT2D eigenvalue weighted by Crippen LogP contribution is 2.31.